The lowest BCUT2D eigenvalue weighted by Gasteiger charge is -2.17. The molecule has 3 aromatic rings. The Morgan fingerprint density at radius 2 is 1.62 bits per heavy atom. The number of nitrogens with one attached hydrogen (secondary N) is 1. The van der Waals surface area contributed by atoms with E-state index in [4.69, 9.17) is 9.47 Å². The van der Waals surface area contributed by atoms with E-state index in [1.54, 1.807) is 37.4 Å². The first-order chi connectivity index (χ1) is 15.6. The van der Waals surface area contributed by atoms with E-state index in [-0.39, 0.29) is 5.70 Å². The van der Waals surface area contributed by atoms with Gasteiger partial charge in [0.15, 0.2) is 0 Å². The Morgan fingerprint density at radius 1 is 0.875 bits per heavy atom. The van der Waals surface area contributed by atoms with Crippen molar-refractivity contribution < 1.29 is 19.1 Å². The first-order valence-corrected chi connectivity index (χ1v) is 10.5. The van der Waals surface area contributed by atoms with Gasteiger partial charge < -0.3 is 14.8 Å². The van der Waals surface area contributed by atoms with Crippen LogP contribution in [0, 0.1) is 0 Å². The second-order valence-corrected chi connectivity index (χ2v) is 7.23. The van der Waals surface area contributed by atoms with Crippen molar-refractivity contribution in [3.8, 4) is 11.5 Å². The second kappa shape index (κ2) is 9.39. The number of hydrogen-bond acceptors (Lipinski definition) is 5. The average Bonchev–Trinajstić information content (AvgIpc) is 3.08. The van der Waals surface area contributed by atoms with Crippen molar-refractivity contribution in [3.63, 3.8) is 0 Å². The van der Waals surface area contributed by atoms with Gasteiger partial charge in [-0.15, -0.1) is 0 Å². The zero-order chi connectivity index (χ0) is 22.5. The normalized spacial score (nSPS) is 13.5. The van der Waals surface area contributed by atoms with Crippen LogP contribution in [0.25, 0.3) is 5.57 Å². The van der Waals surface area contributed by atoms with E-state index in [0.29, 0.717) is 40.6 Å². The molecule has 1 heterocycles. The molecule has 0 aliphatic carbocycles. The Hall–Kier alpha value is -4.06. The van der Waals surface area contributed by atoms with E-state index < -0.39 is 11.8 Å². The summed E-state index contributed by atoms with van der Waals surface area (Å²) in [4.78, 5) is 28.2. The van der Waals surface area contributed by atoms with Gasteiger partial charge in [0.05, 0.1) is 30.7 Å². The highest BCUT2D eigenvalue weighted by atomic mass is 16.5. The largest absolute Gasteiger partial charge is 0.495 e. The average molecular weight is 428 g/mol. The zero-order valence-corrected chi connectivity index (χ0v) is 18.0. The quantitative estimate of drug-likeness (QED) is 0.518. The molecule has 0 spiro atoms. The predicted octanol–water partition coefficient (Wildman–Crippen LogP) is 4.88. The number of hydrogen-bond donors (Lipinski definition) is 1. The molecule has 6 heteroatoms. The molecule has 32 heavy (non-hydrogen) atoms. The molecule has 4 rings (SSSR count). The fourth-order valence-corrected chi connectivity index (χ4v) is 3.57. The number of carbonyl (C=O) groups excluding carboxylic acids is 2. The van der Waals surface area contributed by atoms with Crippen molar-refractivity contribution in [2.24, 2.45) is 0 Å². The van der Waals surface area contributed by atoms with Gasteiger partial charge in [0.1, 0.15) is 17.2 Å². The minimum Gasteiger partial charge on any atom is -0.495 e. The summed E-state index contributed by atoms with van der Waals surface area (Å²) < 4.78 is 11.1. The van der Waals surface area contributed by atoms with Crippen LogP contribution in [0.3, 0.4) is 0 Å². The monoisotopic (exact) mass is 428 g/mol. The Morgan fingerprint density at radius 3 is 2.38 bits per heavy atom. The van der Waals surface area contributed by atoms with Gasteiger partial charge in [-0.05, 0) is 36.2 Å². The number of ether oxygens (including phenoxy) is 2. The number of nitrogens with zero attached hydrogens (tertiary/aromatic N) is 1. The maximum atomic E-state index is 13.5. The molecule has 3 aromatic carbocycles. The molecule has 0 saturated carbocycles. The minimum absolute atomic E-state index is 0.200. The number of para-hydroxylation sites is 2. The molecular weight excluding hydrogens is 404 g/mol. The fraction of sp³-hybridized carbons (Fsp3) is 0.154. The fourth-order valence-electron chi connectivity index (χ4n) is 3.57. The number of methoxy groups -OCH3 is 1. The highest BCUT2D eigenvalue weighted by Gasteiger charge is 2.40. The maximum Gasteiger partial charge on any atom is 0.282 e. The molecule has 0 radical (unpaired) electrons. The van der Waals surface area contributed by atoms with Gasteiger partial charge in [0, 0.05) is 6.07 Å². The van der Waals surface area contributed by atoms with Gasteiger partial charge in [-0.25, -0.2) is 4.90 Å². The van der Waals surface area contributed by atoms with E-state index in [9.17, 15) is 9.59 Å². The summed E-state index contributed by atoms with van der Waals surface area (Å²) >= 11 is 0. The van der Waals surface area contributed by atoms with Crippen LogP contribution in [-0.4, -0.2) is 25.5 Å². The van der Waals surface area contributed by atoms with Crippen LogP contribution in [0.1, 0.15) is 18.9 Å². The topological polar surface area (TPSA) is 67.9 Å². The number of anilines is 2. The predicted molar refractivity (Wildman–Crippen MR) is 125 cm³/mol. The summed E-state index contributed by atoms with van der Waals surface area (Å²) in [7, 11) is 1.56. The molecule has 2 amide bonds. The first-order valence-electron chi connectivity index (χ1n) is 10.5. The molecule has 0 fully saturated rings. The maximum absolute atomic E-state index is 13.5. The van der Waals surface area contributed by atoms with E-state index in [0.717, 1.165) is 6.42 Å². The summed E-state index contributed by atoms with van der Waals surface area (Å²) in [5, 5.41) is 3.15. The lowest BCUT2D eigenvalue weighted by Crippen LogP contribution is -2.32. The highest BCUT2D eigenvalue weighted by Crippen LogP contribution is 2.36. The van der Waals surface area contributed by atoms with E-state index in [1.807, 2.05) is 55.5 Å². The van der Waals surface area contributed by atoms with Gasteiger partial charge >= 0.3 is 0 Å². The van der Waals surface area contributed by atoms with Gasteiger partial charge in [-0.1, -0.05) is 55.5 Å². The number of rotatable bonds is 8. The first kappa shape index (κ1) is 21.2. The van der Waals surface area contributed by atoms with E-state index in [2.05, 4.69) is 5.32 Å². The highest BCUT2D eigenvalue weighted by molar-refractivity contribution is 6.46. The summed E-state index contributed by atoms with van der Waals surface area (Å²) in [6.07, 6.45) is 0.860. The third-order valence-electron chi connectivity index (χ3n) is 5.06. The van der Waals surface area contributed by atoms with Crippen LogP contribution >= 0.6 is 0 Å². The van der Waals surface area contributed by atoms with Crippen LogP contribution in [-0.2, 0) is 9.59 Å². The van der Waals surface area contributed by atoms with Gasteiger partial charge in [-0.3, -0.25) is 9.59 Å². The third-order valence-corrected chi connectivity index (χ3v) is 5.06. The Kier molecular flexibility index (Phi) is 6.22. The number of amides is 2. The molecule has 1 aliphatic rings. The molecule has 0 atom stereocenters. The lowest BCUT2D eigenvalue weighted by atomic mass is 10.0. The van der Waals surface area contributed by atoms with E-state index in [1.165, 1.54) is 4.90 Å². The molecule has 162 valence electrons. The van der Waals surface area contributed by atoms with Gasteiger partial charge in [0.25, 0.3) is 11.8 Å². The lowest BCUT2D eigenvalue weighted by molar-refractivity contribution is -0.120. The molecular formula is C26H24N2O4. The van der Waals surface area contributed by atoms with E-state index >= 15 is 0 Å². The van der Waals surface area contributed by atoms with Crippen LogP contribution in [0.5, 0.6) is 11.5 Å². The smallest absolute Gasteiger partial charge is 0.282 e. The zero-order valence-electron chi connectivity index (χ0n) is 18.0. The third kappa shape index (κ3) is 4.07. The summed E-state index contributed by atoms with van der Waals surface area (Å²) in [6.45, 7) is 2.57. The van der Waals surface area contributed by atoms with Crippen molar-refractivity contribution in [1.82, 2.24) is 0 Å². The van der Waals surface area contributed by atoms with Gasteiger partial charge in [-0.2, -0.15) is 0 Å². The molecule has 0 saturated heterocycles. The van der Waals surface area contributed by atoms with Crippen LogP contribution in [0.15, 0.2) is 84.6 Å². The minimum atomic E-state index is -0.438. The molecule has 0 aromatic heterocycles. The van der Waals surface area contributed by atoms with Crippen molar-refractivity contribution in [3.05, 3.63) is 90.1 Å². The summed E-state index contributed by atoms with van der Waals surface area (Å²) in [6, 6.07) is 23.4. The summed E-state index contributed by atoms with van der Waals surface area (Å²) in [5.74, 6) is 0.345. The Balaban J connectivity index is 1.77. The molecule has 1 N–H and O–H groups in total. The summed E-state index contributed by atoms with van der Waals surface area (Å²) in [5.41, 5.74) is 2.22. The molecule has 6 nitrogen and oxygen atoms in total. The van der Waals surface area contributed by atoms with Crippen molar-refractivity contribution in [2.45, 2.75) is 13.3 Å². The molecule has 0 bridgehead atoms. The van der Waals surface area contributed by atoms with Crippen LogP contribution in [0.2, 0.25) is 0 Å². The SMILES string of the molecule is CCCOc1cccc(N2C(=O)C(Nc3ccccc3OC)=C(c3ccccc3)C2=O)c1. The van der Waals surface area contributed by atoms with Crippen LogP contribution in [0.4, 0.5) is 11.4 Å². The number of imide groups is 1. The van der Waals surface area contributed by atoms with Crippen molar-refractivity contribution in [2.75, 3.05) is 23.9 Å². The van der Waals surface area contributed by atoms with Gasteiger partial charge in [0.2, 0.25) is 0 Å². The number of carbonyl (C=O) groups is 2. The van der Waals surface area contributed by atoms with Crippen LogP contribution < -0.4 is 19.7 Å². The Bertz CT molecular complexity index is 1170. The second-order valence-electron chi connectivity index (χ2n) is 7.23. The Labute approximate surface area is 187 Å². The molecule has 1 aliphatic heterocycles. The van der Waals surface area contributed by atoms with Crippen molar-refractivity contribution >= 4 is 28.8 Å². The number of benzene rings is 3. The molecule has 0 unspecified atom stereocenters. The van der Waals surface area contributed by atoms with Crippen molar-refractivity contribution in [1.29, 1.82) is 0 Å². The standard InChI is InChI=1S/C26H24N2O4/c1-3-16-32-20-13-9-12-19(17-20)28-25(29)23(18-10-5-4-6-11-18)24(26(28)30)27-21-14-7-8-15-22(21)31-2/h4-15,17,27H,3,16H2,1-2H3.